The van der Waals surface area contributed by atoms with Crippen LogP contribution in [0.1, 0.15) is 38.5 Å². The van der Waals surface area contributed by atoms with Gasteiger partial charge in [-0.1, -0.05) is 48.9 Å². The van der Waals surface area contributed by atoms with E-state index in [1.54, 1.807) is 18.2 Å². The van der Waals surface area contributed by atoms with Gasteiger partial charge in [0.2, 0.25) is 0 Å². The molecule has 0 radical (unpaired) electrons. The molecular formula is C16H21Cl2N3O2. The monoisotopic (exact) mass is 357 g/mol. The van der Waals surface area contributed by atoms with Crippen LogP contribution in [0, 0.1) is 16.0 Å². The molecule has 0 amide bonds. The summed E-state index contributed by atoms with van der Waals surface area (Å²) < 4.78 is 0. The molecule has 1 fully saturated rings. The predicted molar refractivity (Wildman–Crippen MR) is 95.4 cm³/mol. The molecule has 1 aromatic carbocycles. The van der Waals surface area contributed by atoms with Crippen LogP contribution in [0.3, 0.4) is 0 Å². The molecule has 0 spiro atoms. The van der Waals surface area contributed by atoms with Crippen LogP contribution in [-0.4, -0.2) is 23.8 Å². The number of hydrogen-bond donors (Lipinski definition) is 1. The highest BCUT2D eigenvalue weighted by Gasteiger charge is 2.14. The number of benzene rings is 1. The molecule has 1 aliphatic carbocycles. The van der Waals surface area contributed by atoms with Gasteiger partial charge in [-0.25, -0.2) is 0 Å². The highest BCUT2D eigenvalue weighted by Crippen LogP contribution is 2.28. The van der Waals surface area contributed by atoms with Crippen molar-refractivity contribution in [2.45, 2.75) is 38.5 Å². The van der Waals surface area contributed by atoms with E-state index in [1.807, 2.05) is 0 Å². The van der Waals surface area contributed by atoms with E-state index < -0.39 is 4.92 Å². The number of rotatable bonds is 7. The molecule has 23 heavy (non-hydrogen) atoms. The van der Waals surface area contributed by atoms with E-state index in [9.17, 15) is 10.1 Å². The number of nitro groups is 1. The average Bonchev–Trinajstić information content (AvgIpc) is 2.94. The Morgan fingerprint density at radius 1 is 1.26 bits per heavy atom. The van der Waals surface area contributed by atoms with Crippen LogP contribution in [0.25, 0.3) is 0 Å². The Kier molecular flexibility index (Phi) is 7.12. The van der Waals surface area contributed by atoms with Crippen molar-refractivity contribution in [2.24, 2.45) is 10.9 Å². The first kappa shape index (κ1) is 18.0. The maximum atomic E-state index is 10.8. The van der Waals surface area contributed by atoms with E-state index in [0.29, 0.717) is 28.1 Å². The number of hydrogen-bond acceptors (Lipinski definition) is 3. The van der Waals surface area contributed by atoms with Crippen molar-refractivity contribution in [1.29, 1.82) is 0 Å². The zero-order valence-electron chi connectivity index (χ0n) is 12.9. The molecule has 1 saturated carbocycles. The molecule has 1 N–H and O–H groups in total. The van der Waals surface area contributed by atoms with Gasteiger partial charge in [-0.2, -0.15) is 0 Å². The lowest BCUT2D eigenvalue weighted by Crippen LogP contribution is -2.22. The van der Waals surface area contributed by atoms with Gasteiger partial charge in [-0.15, -0.1) is 0 Å². The molecule has 7 heteroatoms. The van der Waals surface area contributed by atoms with Gasteiger partial charge in [0.15, 0.2) is 5.84 Å². The maximum Gasteiger partial charge on any atom is 0.260 e. The molecule has 0 aromatic heterocycles. The van der Waals surface area contributed by atoms with E-state index in [4.69, 9.17) is 23.2 Å². The van der Waals surface area contributed by atoms with Crippen molar-refractivity contribution in [3.8, 4) is 0 Å². The quantitative estimate of drug-likeness (QED) is 0.244. The normalized spacial score (nSPS) is 15.8. The van der Waals surface area contributed by atoms with Gasteiger partial charge in [0.05, 0.1) is 0 Å². The van der Waals surface area contributed by atoms with E-state index in [0.717, 1.165) is 18.8 Å². The minimum Gasteiger partial charge on any atom is -0.338 e. The standard InChI is InChI=1S/C16H21Cl2N3O2/c17-13-8-14(18)10-15(9-13)20-16(11-21(22)23)19-7-3-6-12-4-1-2-5-12/h8-10,12H,1-7,11H2,(H,19,20). The first-order valence-electron chi connectivity index (χ1n) is 7.91. The second-order valence-electron chi connectivity index (χ2n) is 5.90. The zero-order valence-corrected chi connectivity index (χ0v) is 14.4. The van der Waals surface area contributed by atoms with Crippen LogP contribution in [-0.2, 0) is 0 Å². The second-order valence-corrected chi connectivity index (χ2v) is 6.77. The summed E-state index contributed by atoms with van der Waals surface area (Å²) in [6, 6.07) is 4.95. The predicted octanol–water partition coefficient (Wildman–Crippen LogP) is 5.05. The molecule has 0 atom stereocenters. The molecule has 0 bridgehead atoms. The van der Waals surface area contributed by atoms with Gasteiger partial charge in [-0.3, -0.25) is 15.1 Å². The summed E-state index contributed by atoms with van der Waals surface area (Å²) in [6.07, 6.45) is 7.40. The van der Waals surface area contributed by atoms with Gasteiger partial charge in [0.25, 0.3) is 6.54 Å². The molecule has 5 nitrogen and oxygen atoms in total. The minimum atomic E-state index is -0.394. The summed E-state index contributed by atoms with van der Waals surface area (Å²) in [5.74, 6) is 1.14. The Bertz CT molecular complexity index is 552. The third-order valence-corrected chi connectivity index (χ3v) is 4.41. The molecule has 1 aliphatic rings. The summed E-state index contributed by atoms with van der Waals surface area (Å²) in [7, 11) is 0. The summed E-state index contributed by atoms with van der Waals surface area (Å²) in [5, 5.41) is 14.7. The SMILES string of the molecule is O=[N+]([O-])CC(=NCCCC1CCCC1)Nc1cc(Cl)cc(Cl)c1. The number of nitrogens with zero attached hydrogens (tertiary/aromatic N) is 2. The highest BCUT2D eigenvalue weighted by atomic mass is 35.5. The van der Waals surface area contributed by atoms with Crippen LogP contribution < -0.4 is 5.32 Å². The molecular weight excluding hydrogens is 337 g/mol. The second kappa shape index (κ2) is 9.08. The third kappa shape index (κ3) is 6.75. The molecule has 126 valence electrons. The lowest BCUT2D eigenvalue weighted by atomic mass is 10.0. The van der Waals surface area contributed by atoms with E-state index in [-0.39, 0.29) is 6.54 Å². The van der Waals surface area contributed by atoms with Gasteiger partial charge < -0.3 is 5.32 Å². The molecule has 0 unspecified atom stereocenters. The molecule has 0 saturated heterocycles. The fourth-order valence-electron chi connectivity index (χ4n) is 2.94. The van der Waals surface area contributed by atoms with E-state index in [2.05, 4.69) is 10.3 Å². The van der Waals surface area contributed by atoms with Crippen LogP contribution in [0.4, 0.5) is 5.69 Å². The molecule has 0 heterocycles. The van der Waals surface area contributed by atoms with Crippen molar-refractivity contribution >= 4 is 34.7 Å². The fraction of sp³-hybridized carbons (Fsp3) is 0.562. The summed E-state index contributed by atoms with van der Waals surface area (Å²) >= 11 is 11.9. The largest absolute Gasteiger partial charge is 0.338 e. The Morgan fingerprint density at radius 3 is 2.52 bits per heavy atom. The Hall–Kier alpha value is -1.33. The Labute approximate surface area is 146 Å². The fourth-order valence-corrected chi connectivity index (χ4v) is 3.46. The number of aliphatic imine (C=N–C) groups is 1. The van der Waals surface area contributed by atoms with Crippen LogP contribution in [0.2, 0.25) is 10.0 Å². The summed E-state index contributed by atoms with van der Waals surface area (Å²) in [5.41, 5.74) is 0.610. The highest BCUT2D eigenvalue weighted by molar-refractivity contribution is 6.35. The average molecular weight is 358 g/mol. The molecule has 0 aliphatic heterocycles. The number of nitrogens with one attached hydrogen (secondary N) is 1. The Balaban J connectivity index is 1.92. The first-order valence-corrected chi connectivity index (χ1v) is 8.67. The number of anilines is 1. The summed E-state index contributed by atoms with van der Waals surface area (Å²) in [6.45, 7) is 0.258. The number of halogens is 2. The van der Waals surface area contributed by atoms with Crippen LogP contribution >= 0.6 is 23.2 Å². The maximum absolute atomic E-state index is 10.8. The van der Waals surface area contributed by atoms with E-state index in [1.165, 1.54) is 25.7 Å². The van der Waals surface area contributed by atoms with Crippen molar-refractivity contribution in [1.82, 2.24) is 0 Å². The minimum absolute atomic E-state index is 0.333. The van der Waals surface area contributed by atoms with Gasteiger partial charge in [0, 0.05) is 27.2 Å². The third-order valence-electron chi connectivity index (χ3n) is 3.98. The van der Waals surface area contributed by atoms with Crippen molar-refractivity contribution < 1.29 is 4.92 Å². The van der Waals surface area contributed by atoms with Crippen molar-refractivity contribution in [3.05, 3.63) is 38.4 Å². The van der Waals surface area contributed by atoms with Gasteiger partial charge in [-0.05, 0) is 37.0 Å². The van der Waals surface area contributed by atoms with Crippen molar-refractivity contribution in [2.75, 3.05) is 18.4 Å². The summed E-state index contributed by atoms with van der Waals surface area (Å²) in [4.78, 5) is 14.8. The lowest BCUT2D eigenvalue weighted by molar-refractivity contribution is -0.463. The number of amidine groups is 1. The van der Waals surface area contributed by atoms with Gasteiger partial charge in [0.1, 0.15) is 0 Å². The Morgan fingerprint density at radius 2 is 1.91 bits per heavy atom. The topological polar surface area (TPSA) is 67.5 Å². The van der Waals surface area contributed by atoms with Crippen molar-refractivity contribution in [3.63, 3.8) is 0 Å². The lowest BCUT2D eigenvalue weighted by Gasteiger charge is -2.09. The van der Waals surface area contributed by atoms with E-state index >= 15 is 0 Å². The first-order chi connectivity index (χ1) is 11.0. The molecule has 2 rings (SSSR count). The van der Waals surface area contributed by atoms with Crippen LogP contribution in [0.5, 0.6) is 0 Å². The van der Waals surface area contributed by atoms with Gasteiger partial charge >= 0.3 is 0 Å². The zero-order chi connectivity index (χ0) is 16.7. The molecule has 1 aromatic rings. The smallest absolute Gasteiger partial charge is 0.260 e. The van der Waals surface area contributed by atoms with Crippen LogP contribution in [0.15, 0.2) is 23.2 Å².